The van der Waals surface area contributed by atoms with Crippen LogP contribution in [0, 0.1) is 6.92 Å². The van der Waals surface area contributed by atoms with Crippen LogP contribution in [-0.4, -0.2) is 16.5 Å². The first-order valence-electron chi connectivity index (χ1n) is 6.57. The second-order valence-corrected chi connectivity index (χ2v) is 5.47. The highest BCUT2D eigenvalue weighted by Crippen LogP contribution is 2.27. The summed E-state index contributed by atoms with van der Waals surface area (Å²) in [6.45, 7) is 4.92. The fraction of sp³-hybridized carbons (Fsp3) is 0.200. The van der Waals surface area contributed by atoms with Crippen molar-refractivity contribution >= 4 is 38.7 Å². The summed E-state index contributed by atoms with van der Waals surface area (Å²) >= 11 is 1.75. The Bertz CT molecular complexity index is 736. The van der Waals surface area contributed by atoms with Crippen molar-refractivity contribution in [3.05, 3.63) is 41.5 Å². The molecule has 0 aliphatic rings. The maximum absolute atomic E-state index is 4.32. The van der Waals surface area contributed by atoms with Crippen molar-refractivity contribution in [1.82, 2.24) is 9.97 Å². The maximum atomic E-state index is 4.32. The molecule has 3 aromatic rings. The van der Waals surface area contributed by atoms with E-state index in [-0.39, 0.29) is 0 Å². The van der Waals surface area contributed by atoms with Crippen molar-refractivity contribution in [1.29, 1.82) is 0 Å². The van der Waals surface area contributed by atoms with E-state index in [0.29, 0.717) is 0 Å². The molecule has 102 valence electrons. The third-order valence-electron chi connectivity index (χ3n) is 3.14. The Morgan fingerprint density at radius 1 is 1.15 bits per heavy atom. The van der Waals surface area contributed by atoms with Gasteiger partial charge >= 0.3 is 0 Å². The van der Waals surface area contributed by atoms with Crippen molar-refractivity contribution in [3.8, 4) is 0 Å². The minimum atomic E-state index is 0.838. The smallest absolute Gasteiger partial charge is 0.138 e. The Morgan fingerprint density at radius 2 is 2.00 bits per heavy atom. The maximum Gasteiger partial charge on any atom is 0.138 e. The highest BCUT2D eigenvalue weighted by molar-refractivity contribution is 7.17. The number of rotatable bonds is 4. The zero-order chi connectivity index (χ0) is 13.9. The molecular weight excluding hydrogens is 268 g/mol. The zero-order valence-corrected chi connectivity index (χ0v) is 12.3. The minimum Gasteiger partial charge on any atom is -0.370 e. The summed E-state index contributed by atoms with van der Waals surface area (Å²) in [6.07, 6.45) is 1.58. The highest BCUT2D eigenvalue weighted by Gasteiger charge is 2.07. The first-order chi connectivity index (χ1) is 9.78. The number of hydrogen-bond acceptors (Lipinski definition) is 5. The van der Waals surface area contributed by atoms with Gasteiger partial charge in [0.15, 0.2) is 0 Å². The topological polar surface area (TPSA) is 49.8 Å². The van der Waals surface area contributed by atoms with Crippen LogP contribution in [0.15, 0.2) is 36.0 Å². The van der Waals surface area contributed by atoms with Crippen molar-refractivity contribution in [2.75, 3.05) is 17.2 Å². The van der Waals surface area contributed by atoms with E-state index >= 15 is 0 Å². The standard InChI is InChI=1S/C15H16N4S/c1-3-16-14-10(2)15(18-9-17-14)19-12-4-5-13-11(8-12)6-7-20-13/h4-9H,3H2,1-2H3,(H2,16,17,18,19). The average Bonchev–Trinajstić information content (AvgIpc) is 2.91. The summed E-state index contributed by atoms with van der Waals surface area (Å²) in [5.74, 6) is 1.71. The van der Waals surface area contributed by atoms with E-state index in [1.165, 1.54) is 10.1 Å². The van der Waals surface area contributed by atoms with E-state index in [0.717, 1.165) is 29.4 Å². The highest BCUT2D eigenvalue weighted by atomic mass is 32.1. The van der Waals surface area contributed by atoms with Gasteiger partial charge in [0, 0.05) is 22.5 Å². The summed E-state index contributed by atoms with van der Waals surface area (Å²) < 4.78 is 1.29. The van der Waals surface area contributed by atoms with Gasteiger partial charge in [-0.1, -0.05) is 0 Å². The molecule has 2 heterocycles. The van der Waals surface area contributed by atoms with Gasteiger partial charge in [-0.05, 0) is 48.9 Å². The lowest BCUT2D eigenvalue weighted by molar-refractivity contribution is 1.08. The van der Waals surface area contributed by atoms with Crippen molar-refractivity contribution in [2.24, 2.45) is 0 Å². The molecule has 5 heteroatoms. The van der Waals surface area contributed by atoms with Crippen LogP contribution in [0.25, 0.3) is 10.1 Å². The van der Waals surface area contributed by atoms with Crippen LogP contribution in [-0.2, 0) is 0 Å². The molecule has 20 heavy (non-hydrogen) atoms. The van der Waals surface area contributed by atoms with Gasteiger partial charge in [-0.3, -0.25) is 0 Å². The molecular formula is C15H16N4S. The first-order valence-corrected chi connectivity index (χ1v) is 7.45. The Labute approximate surface area is 121 Å². The Morgan fingerprint density at radius 3 is 2.85 bits per heavy atom. The minimum absolute atomic E-state index is 0.838. The molecule has 0 atom stereocenters. The van der Waals surface area contributed by atoms with Gasteiger partial charge in [0.05, 0.1) is 0 Å². The number of hydrogen-bond donors (Lipinski definition) is 2. The van der Waals surface area contributed by atoms with Gasteiger partial charge in [-0.25, -0.2) is 9.97 Å². The predicted octanol–water partition coefficient (Wildman–Crippen LogP) is 4.18. The molecule has 2 N–H and O–H groups in total. The van der Waals surface area contributed by atoms with Crippen LogP contribution in [0.2, 0.25) is 0 Å². The molecule has 0 aliphatic heterocycles. The van der Waals surface area contributed by atoms with E-state index < -0.39 is 0 Å². The lowest BCUT2D eigenvalue weighted by Gasteiger charge is -2.12. The molecule has 0 radical (unpaired) electrons. The number of anilines is 3. The second-order valence-electron chi connectivity index (χ2n) is 4.52. The molecule has 0 amide bonds. The van der Waals surface area contributed by atoms with Crippen LogP contribution < -0.4 is 10.6 Å². The molecule has 3 rings (SSSR count). The molecule has 0 spiro atoms. The molecule has 0 bridgehead atoms. The summed E-state index contributed by atoms with van der Waals surface area (Å²) in [5.41, 5.74) is 2.07. The number of benzene rings is 1. The van der Waals surface area contributed by atoms with E-state index in [4.69, 9.17) is 0 Å². The summed E-state index contributed by atoms with van der Waals surface area (Å²) in [4.78, 5) is 8.58. The molecule has 0 aliphatic carbocycles. The molecule has 2 aromatic heterocycles. The van der Waals surface area contributed by atoms with Gasteiger partial charge in [0.1, 0.15) is 18.0 Å². The summed E-state index contributed by atoms with van der Waals surface area (Å²) in [7, 11) is 0. The lowest BCUT2D eigenvalue weighted by atomic mass is 10.2. The molecule has 0 unspecified atom stereocenters. The molecule has 4 nitrogen and oxygen atoms in total. The third kappa shape index (κ3) is 2.44. The third-order valence-corrected chi connectivity index (χ3v) is 4.04. The quantitative estimate of drug-likeness (QED) is 0.754. The van der Waals surface area contributed by atoms with Gasteiger partial charge in [0.2, 0.25) is 0 Å². The van der Waals surface area contributed by atoms with Crippen molar-refractivity contribution < 1.29 is 0 Å². The zero-order valence-electron chi connectivity index (χ0n) is 11.5. The summed E-state index contributed by atoms with van der Waals surface area (Å²) in [6, 6.07) is 8.47. The fourth-order valence-corrected chi connectivity index (χ4v) is 2.87. The van der Waals surface area contributed by atoms with E-state index in [1.807, 2.05) is 6.92 Å². The predicted molar refractivity (Wildman–Crippen MR) is 86.0 cm³/mol. The number of thiophene rings is 1. The molecule has 0 fully saturated rings. The second kappa shape index (κ2) is 5.46. The number of nitrogens with zero attached hydrogens (tertiary/aromatic N) is 2. The number of fused-ring (bicyclic) bond motifs is 1. The van der Waals surface area contributed by atoms with Crippen LogP contribution in [0.4, 0.5) is 17.3 Å². The van der Waals surface area contributed by atoms with Gasteiger partial charge in [-0.2, -0.15) is 0 Å². The SMILES string of the molecule is CCNc1ncnc(Nc2ccc3sccc3c2)c1C. The Balaban J connectivity index is 1.91. The van der Waals surface area contributed by atoms with Crippen molar-refractivity contribution in [2.45, 2.75) is 13.8 Å². The van der Waals surface area contributed by atoms with E-state index in [9.17, 15) is 0 Å². The van der Waals surface area contributed by atoms with E-state index in [1.54, 1.807) is 17.7 Å². The monoisotopic (exact) mass is 284 g/mol. The number of aromatic nitrogens is 2. The first kappa shape index (κ1) is 12.9. The Kier molecular flexibility index (Phi) is 3.52. The molecule has 0 saturated heterocycles. The van der Waals surface area contributed by atoms with Crippen LogP contribution in [0.5, 0.6) is 0 Å². The van der Waals surface area contributed by atoms with Crippen LogP contribution >= 0.6 is 11.3 Å². The number of nitrogens with one attached hydrogen (secondary N) is 2. The largest absolute Gasteiger partial charge is 0.370 e. The fourth-order valence-electron chi connectivity index (χ4n) is 2.10. The van der Waals surface area contributed by atoms with Crippen LogP contribution in [0.3, 0.4) is 0 Å². The van der Waals surface area contributed by atoms with Gasteiger partial charge < -0.3 is 10.6 Å². The molecule has 0 saturated carbocycles. The summed E-state index contributed by atoms with van der Waals surface area (Å²) in [5, 5.41) is 9.96. The van der Waals surface area contributed by atoms with Crippen molar-refractivity contribution in [3.63, 3.8) is 0 Å². The average molecular weight is 284 g/mol. The van der Waals surface area contributed by atoms with Gasteiger partial charge in [-0.15, -0.1) is 11.3 Å². The van der Waals surface area contributed by atoms with Crippen LogP contribution in [0.1, 0.15) is 12.5 Å². The molecule has 1 aromatic carbocycles. The normalized spacial score (nSPS) is 10.7. The Hall–Kier alpha value is -2.14. The van der Waals surface area contributed by atoms with E-state index in [2.05, 4.69) is 57.2 Å². The van der Waals surface area contributed by atoms with Gasteiger partial charge in [0.25, 0.3) is 0 Å². The lowest BCUT2D eigenvalue weighted by Crippen LogP contribution is -2.05.